The van der Waals surface area contributed by atoms with Crippen LogP contribution < -0.4 is 5.14 Å². The highest BCUT2D eigenvalue weighted by atomic mass is 32.2. The standard InChI is InChI=1S/C10H14N2O6S/c1-18-6-8(13)4-7-2-3-9(19(11,16)17)5-10(7)12(14)15/h2-3,5,8,13H,4,6H2,1H3,(H2,11,16,17). The molecule has 0 bridgehead atoms. The Morgan fingerprint density at radius 3 is 2.63 bits per heavy atom. The number of nitrogens with two attached hydrogens (primary N) is 1. The fourth-order valence-electron chi connectivity index (χ4n) is 1.57. The van der Waals surface area contributed by atoms with Gasteiger partial charge < -0.3 is 9.84 Å². The van der Waals surface area contributed by atoms with E-state index in [-0.39, 0.29) is 23.5 Å². The molecule has 1 atom stereocenters. The van der Waals surface area contributed by atoms with Crippen LogP contribution in [0.1, 0.15) is 5.56 Å². The summed E-state index contributed by atoms with van der Waals surface area (Å²) in [5.74, 6) is 0. The Labute approximate surface area is 110 Å². The molecule has 106 valence electrons. The molecule has 0 aromatic heterocycles. The van der Waals surface area contributed by atoms with Gasteiger partial charge in [0, 0.05) is 25.2 Å². The SMILES string of the molecule is COCC(O)Cc1ccc(S(N)(=O)=O)cc1[N+](=O)[O-]. The number of ether oxygens (including phenoxy) is 1. The zero-order valence-electron chi connectivity index (χ0n) is 10.1. The third kappa shape index (κ3) is 4.24. The smallest absolute Gasteiger partial charge is 0.274 e. The molecular formula is C10H14N2O6S. The van der Waals surface area contributed by atoms with Gasteiger partial charge in [-0.05, 0) is 6.07 Å². The minimum atomic E-state index is -4.01. The molecule has 0 heterocycles. The normalized spacial score (nSPS) is 13.2. The van der Waals surface area contributed by atoms with E-state index in [1.54, 1.807) is 0 Å². The number of benzene rings is 1. The summed E-state index contributed by atoms with van der Waals surface area (Å²) in [5, 5.41) is 25.3. The molecule has 0 amide bonds. The third-order valence-electron chi connectivity index (χ3n) is 2.40. The lowest BCUT2D eigenvalue weighted by molar-refractivity contribution is -0.385. The van der Waals surface area contributed by atoms with Gasteiger partial charge in [0.25, 0.3) is 5.69 Å². The van der Waals surface area contributed by atoms with Gasteiger partial charge in [0.05, 0.1) is 22.5 Å². The first kappa shape index (κ1) is 15.5. The zero-order chi connectivity index (χ0) is 14.6. The van der Waals surface area contributed by atoms with Crippen LogP contribution in [0.3, 0.4) is 0 Å². The summed E-state index contributed by atoms with van der Waals surface area (Å²) in [6.45, 7) is 0.0219. The maximum atomic E-state index is 11.1. The molecule has 0 aliphatic carbocycles. The van der Waals surface area contributed by atoms with E-state index in [1.165, 1.54) is 13.2 Å². The van der Waals surface area contributed by atoms with E-state index in [1.807, 2.05) is 0 Å². The number of aliphatic hydroxyl groups is 1. The van der Waals surface area contributed by atoms with Gasteiger partial charge in [-0.15, -0.1) is 0 Å². The van der Waals surface area contributed by atoms with Crippen LogP contribution in [0.2, 0.25) is 0 Å². The van der Waals surface area contributed by atoms with E-state index in [9.17, 15) is 23.6 Å². The summed E-state index contributed by atoms with van der Waals surface area (Å²) in [6, 6.07) is 3.30. The molecule has 1 unspecified atom stereocenters. The summed E-state index contributed by atoms with van der Waals surface area (Å²) in [4.78, 5) is 9.84. The molecule has 8 nitrogen and oxygen atoms in total. The van der Waals surface area contributed by atoms with Crippen LogP contribution in [-0.4, -0.2) is 38.3 Å². The molecule has 0 aliphatic rings. The molecule has 0 saturated carbocycles. The fourth-order valence-corrected chi connectivity index (χ4v) is 2.10. The lowest BCUT2D eigenvalue weighted by Crippen LogP contribution is -2.18. The second-order valence-electron chi connectivity index (χ2n) is 3.91. The molecule has 0 saturated heterocycles. The Hall–Kier alpha value is -1.55. The van der Waals surface area contributed by atoms with E-state index < -0.39 is 26.7 Å². The van der Waals surface area contributed by atoms with Gasteiger partial charge >= 0.3 is 0 Å². The molecule has 0 fully saturated rings. The summed E-state index contributed by atoms with van der Waals surface area (Å²) in [5.41, 5.74) is -0.191. The number of primary sulfonamides is 1. The van der Waals surface area contributed by atoms with Crippen LogP contribution in [-0.2, 0) is 21.2 Å². The van der Waals surface area contributed by atoms with E-state index >= 15 is 0 Å². The van der Waals surface area contributed by atoms with Gasteiger partial charge in [-0.2, -0.15) is 0 Å². The first-order valence-electron chi connectivity index (χ1n) is 5.23. The van der Waals surface area contributed by atoms with Gasteiger partial charge in [0.15, 0.2) is 0 Å². The van der Waals surface area contributed by atoms with Crippen molar-refractivity contribution in [1.82, 2.24) is 0 Å². The molecule has 19 heavy (non-hydrogen) atoms. The van der Waals surface area contributed by atoms with Crippen molar-refractivity contribution in [1.29, 1.82) is 0 Å². The lowest BCUT2D eigenvalue weighted by Gasteiger charge is -2.10. The van der Waals surface area contributed by atoms with Crippen molar-refractivity contribution >= 4 is 15.7 Å². The third-order valence-corrected chi connectivity index (χ3v) is 3.31. The van der Waals surface area contributed by atoms with Crippen LogP contribution >= 0.6 is 0 Å². The van der Waals surface area contributed by atoms with Crippen LogP contribution in [0.15, 0.2) is 23.1 Å². The monoisotopic (exact) mass is 290 g/mol. The van der Waals surface area contributed by atoms with Crippen molar-refractivity contribution in [3.05, 3.63) is 33.9 Å². The van der Waals surface area contributed by atoms with Crippen molar-refractivity contribution in [2.24, 2.45) is 5.14 Å². The van der Waals surface area contributed by atoms with Crippen molar-refractivity contribution < 1.29 is 23.2 Å². The van der Waals surface area contributed by atoms with E-state index in [0.717, 1.165) is 12.1 Å². The number of rotatable bonds is 6. The largest absolute Gasteiger partial charge is 0.390 e. The van der Waals surface area contributed by atoms with E-state index in [2.05, 4.69) is 0 Å². The van der Waals surface area contributed by atoms with Gasteiger partial charge in [0.2, 0.25) is 10.0 Å². The van der Waals surface area contributed by atoms with Crippen LogP contribution in [0.4, 0.5) is 5.69 Å². The van der Waals surface area contributed by atoms with E-state index in [0.29, 0.717) is 0 Å². The number of hydrogen-bond acceptors (Lipinski definition) is 6. The minimum absolute atomic E-state index is 0.0188. The number of sulfonamides is 1. The second-order valence-corrected chi connectivity index (χ2v) is 5.47. The number of nitro benzene ring substituents is 1. The Kier molecular flexibility index (Phi) is 4.95. The first-order chi connectivity index (χ1) is 8.75. The van der Waals surface area contributed by atoms with Crippen molar-refractivity contribution in [3.63, 3.8) is 0 Å². The van der Waals surface area contributed by atoms with Gasteiger partial charge in [-0.1, -0.05) is 6.07 Å². The fraction of sp³-hybridized carbons (Fsp3) is 0.400. The molecule has 9 heteroatoms. The van der Waals surface area contributed by atoms with Crippen molar-refractivity contribution in [2.45, 2.75) is 17.4 Å². The maximum Gasteiger partial charge on any atom is 0.274 e. The molecule has 1 aromatic carbocycles. The Bertz CT molecular complexity index is 571. The predicted molar refractivity (Wildman–Crippen MR) is 66.1 cm³/mol. The molecule has 3 N–H and O–H groups in total. The van der Waals surface area contributed by atoms with Gasteiger partial charge in [-0.25, -0.2) is 13.6 Å². The molecule has 0 radical (unpaired) electrons. The lowest BCUT2D eigenvalue weighted by atomic mass is 10.1. The highest BCUT2D eigenvalue weighted by Crippen LogP contribution is 2.23. The van der Waals surface area contributed by atoms with Crippen molar-refractivity contribution in [2.75, 3.05) is 13.7 Å². The molecule has 0 spiro atoms. The first-order valence-corrected chi connectivity index (χ1v) is 6.77. The number of nitro groups is 1. The second kappa shape index (κ2) is 6.06. The summed E-state index contributed by atoms with van der Waals surface area (Å²) < 4.78 is 27.0. The number of nitrogens with zero attached hydrogens (tertiary/aromatic N) is 1. The van der Waals surface area contributed by atoms with Crippen LogP contribution in [0.5, 0.6) is 0 Å². The highest BCUT2D eigenvalue weighted by molar-refractivity contribution is 7.89. The Morgan fingerprint density at radius 2 is 2.16 bits per heavy atom. The van der Waals surface area contributed by atoms with Crippen LogP contribution in [0.25, 0.3) is 0 Å². The molecule has 1 aromatic rings. The van der Waals surface area contributed by atoms with Crippen LogP contribution in [0, 0.1) is 10.1 Å². The highest BCUT2D eigenvalue weighted by Gasteiger charge is 2.20. The minimum Gasteiger partial charge on any atom is -0.390 e. The topological polar surface area (TPSA) is 133 Å². The van der Waals surface area contributed by atoms with Gasteiger partial charge in [0.1, 0.15) is 0 Å². The summed E-state index contributed by atoms with van der Waals surface area (Å²) in [7, 11) is -2.62. The number of hydrogen-bond donors (Lipinski definition) is 2. The summed E-state index contributed by atoms with van der Waals surface area (Å²) in [6.07, 6.45) is -0.932. The molecule has 0 aliphatic heterocycles. The maximum absolute atomic E-state index is 11.1. The van der Waals surface area contributed by atoms with Gasteiger partial charge in [-0.3, -0.25) is 10.1 Å². The Balaban J connectivity index is 3.16. The Morgan fingerprint density at radius 1 is 1.53 bits per heavy atom. The summed E-state index contributed by atoms with van der Waals surface area (Å²) >= 11 is 0. The molecular weight excluding hydrogens is 276 g/mol. The number of methoxy groups -OCH3 is 1. The molecule has 1 rings (SSSR count). The zero-order valence-corrected chi connectivity index (χ0v) is 11.0. The average Bonchev–Trinajstić information content (AvgIpc) is 2.27. The van der Waals surface area contributed by atoms with E-state index in [4.69, 9.17) is 9.88 Å². The van der Waals surface area contributed by atoms with Crippen molar-refractivity contribution in [3.8, 4) is 0 Å². The average molecular weight is 290 g/mol. The predicted octanol–water partition coefficient (Wildman–Crippen LogP) is -0.208. The quantitative estimate of drug-likeness (QED) is 0.550. The number of aliphatic hydroxyl groups excluding tert-OH is 1.